The van der Waals surface area contributed by atoms with E-state index in [1.807, 2.05) is 0 Å². The van der Waals surface area contributed by atoms with Crippen molar-refractivity contribution in [3.05, 3.63) is 35.9 Å². The molecule has 0 bridgehead atoms. The SMILES string of the molecule is COC(=O)N[C@@H](C(=O)O)C(C)C.COC(=O)N[C@H](C(=O)O)c1ccccc1.COC(=O)N[C@H](C)C(=O)O.COOC=N[C@H](C(=O)O)[C@@H](C)OC.C[C@H](C(=O)O)N(C)C. The molecule has 8 N–H and O–H groups in total. The van der Waals surface area contributed by atoms with E-state index in [4.69, 9.17) is 30.3 Å². The lowest BCUT2D eigenvalue weighted by Gasteiger charge is -2.16. The van der Waals surface area contributed by atoms with Crippen LogP contribution in [0.15, 0.2) is 35.3 Å². The monoisotopic (exact) mass is 839 g/mol. The van der Waals surface area contributed by atoms with Crippen LogP contribution in [0.3, 0.4) is 0 Å². The number of carbonyl (C=O) groups is 8. The summed E-state index contributed by atoms with van der Waals surface area (Å²) in [6.07, 6.45) is -1.83. The Morgan fingerprint density at radius 2 is 1.10 bits per heavy atom. The number of ether oxygens (including phenoxy) is 4. The second-order valence-electron chi connectivity index (χ2n) is 11.4. The molecule has 0 unspecified atom stereocenters. The van der Waals surface area contributed by atoms with Gasteiger partial charge in [0.15, 0.2) is 12.1 Å². The van der Waals surface area contributed by atoms with Gasteiger partial charge in [-0.15, -0.1) is 0 Å². The van der Waals surface area contributed by atoms with Gasteiger partial charge in [-0.05, 0) is 46.3 Å². The highest BCUT2D eigenvalue weighted by molar-refractivity contribution is 5.82. The molecule has 1 rings (SSSR count). The number of rotatable bonds is 16. The van der Waals surface area contributed by atoms with Crippen LogP contribution < -0.4 is 16.0 Å². The van der Waals surface area contributed by atoms with E-state index in [1.54, 1.807) is 77.0 Å². The van der Waals surface area contributed by atoms with Crippen LogP contribution in [0.1, 0.15) is 46.2 Å². The molecule has 0 fully saturated rings. The fraction of sp³-hybridized carbons (Fsp3) is 0.559. The van der Waals surface area contributed by atoms with Gasteiger partial charge in [-0.25, -0.2) is 33.8 Å². The number of nitrogens with one attached hydrogen (secondary N) is 3. The van der Waals surface area contributed by atoms with Gasteiger partial charge in [-0.3, -0.25) is 14.5 Å². The zero-order valence-electron chi connectivity index (χ0n) is 34.4. The number of aliphatic carboxylic acids is 5. The Hall–Kier alpha value is -6.27. The first-order valence-corrected chi connectivity index (χ1v) is 16.5. The number of benzene rings is 1. The van der Waals surface area contributed by atoms with Crippen LogP contribution in [-0.2, 0) is 52.7 Å². The number of hydrogen-bond donors (Lipinski definition) is 8. The van der Waals surface area contributed by atoms with Crippen molar-refractivity contribution < 1.29 is 92.6 Å². The number of alkyl carbamates (subject to hydrolysis) is 3. The maximum atomic E-state index is 10.9. The summed E-state index contributed by atoms with van der Waals surface area (Å²) in [7, 11) is 9.71. The molecule has 0 spiro atoms. The predicted octanol–water partition coefficient (Wildman–Crippen LogP) is 1.54. The van der Waals surface area contributed by atoms with Gasteiger partial charge in [0.2, 0.25) is 6.40 Å². The fourth-order valence-corrected chi connectivity index (χ4v) is 2.98. The number of amides is 3. The van der Waals surface area contributed by atoms with Gasteiger partial charge >= 0.3 is 48.1 Å². The van der Waals surface area contributed by atoms with E-state index in [0.717, 1.165) is 6.40 Å². The molecular formula is C34H57N5O19. The first-order valence-electron chi connectivity index (χ1n) is 16.5. The molecule has 1 aromatic carbocycles. The molecule has 0 radical (unpaired) electrons. The molecule has 6 atom stereocenters. The van der Waals surface area contributed by atoms with Gasteiger partial charge < -0.3 is 65.3 Å². The minimum atomic E-state index is -1.13. The Bertz CT molecular complexity index is 1410. The number of carboxylic acid groups (broad SMARTS) is 5. The fourth-order valence-electron chi connectivity index (χ4n) is 2.98. The summed E-state index contributed by atoms with van der Waals surface area (Å²) in [6, 6.07) is 4.15. The van der Waals surface area contributed by atoms with Crippen molar-refractivity contribution in [1.29, 1.82) is 0 Å². The van der Waals surface area contributed by atoms with Crippen molar-refractivity contribution in [3.8, 4) is 0 Å². The molecule has 1 aromatic rings. The maximum absolute atomic E-state index is 10.9. The van der Waals surface area contributed by atoms with Crippen LogP contribution in [0.5, 0.6) is 0 Å². The average Bonchev–Trinajstić information content (AvgIpc) is 3.17. The first kappa shape index (κ1) is 58.4. The Morgan fingerprint density at radius 1 is 0.638 bits per heavy atom. The van der Waals surface area contributed by atoms with Gasteiger partial charge in [0.1, 0.15) is 18.1 Å². The summed E-state index contributed by atoms with van der Waals surface area (Å²) in [4.78, 5) is 97.8. The van der Waals surface area contributed by atoms with Crippen molar-refractivity contribution in [3.63, 3.8) is 0 Å². The Balaban J connectivity index is -0.000000319. The number of carboxylic acids is 5. The highest BCUT2D eigenvalue weighted by Gasteiger charge is 2.24. The van der Waals surface area contributed by atoms with Gasteiger partial charge in [0, 0.05) is 7.11 Å². The van der Waals surface area contributed by atoms with E-state index < -0.39 is 78.4 Å². The molecule has 24 heteroatoms. The van der Waals surface area contributed by atoms with E-state index in [-0.39, 0.29) is 12.0 Å². The molecule has 0 saturated heterocycles. The molecule has 58 heavy (non-hydrogen) atoms. The van der Waals surface area contributed by atoms with E-state index in [2.05, 4.69) is 44.9 Å². The lowest BCUT2D eigenvalue weighted by atomic mass is 10.1. The Labute approximate surface area is 335 Å². The van der Waals surface area contributed by atoms with E-state index >= 15 is 0 Å². The minimum absolute atomic E-state index is 0.165. The van der Waals surface area contributed by atoms with Gasteiger partial charge in [-0.1, -0.05) is 44.2 Å². The molecule has 0 aliphatic heterocycles. The largest absolute Gasteiger partial charge is 0.480 e. The third-order valence-corrected chi connectivity index (χ3v) is 6.67. The number of methoxy groups -OCH3 is 4. The van der Waals surface area contributed by atoms with Gasteiger partial charge in [-0.2, -0.15) is 4.89 Å². The normalized spacial score (nSPS) is 13.0. The first-order chi connectivity index (χ1) is 26.9. The van der Waals surface area contributed by atoms with Crippen LogP contribution in [0, 0.1) is 5.92 Å². The summed E-state index contributed by atoms with van der Waals surface area (Å²) < 4.78 is 17.6. The number of aliphatic imine (C=N–C) groups is 1. The third kappa shape index (κ3) is 30.0. The molecule has 0 aliphatic rings. The molecule has 3 amide bonds. The quantitative estimate of drug-likeness (QED) is 0.0385. The van der Waals surface area contributed by atoms with Gasteiger partial charge in [0.05, 0.1) is 34.5 Å². The lowest BCUT2D eigenvalue weighted by Crippen LogP contribution is -2.44. The standard InChI is InChI=1S/C10H11NO4.C7H13NO5.C7H13NO4.C5H9NO4.C5H11NO2/c1-15-10(14)11-8(9(12)13)7-5-3-2-4-6-7;1-5(11-2)6(7(9)10)8-4-13-12-3;1-4(2)5(6(9)10)8-7(11)12-3;1-3(4(7)8)6-5(9)10-2;1-4(5(7)8)6(2)3/h2-6,8H,1H3,(H,11,14)(H,12,13);4-6H,1-3H3,(H,9,10);4-5H,1-3H3,(H,8,11)(H,9,10);3H,1-2H3,(H,6,9)(H,7,8);4H,1-3H3,(H,7,8)/t8-;5-,6+;5-;3-;4-/m01111/s1. The number of nitrogens with zero attached hydrogens (tertiary/aromatic N) is 2. The van der Waals surface area contributed by atoms with E-state index in [1.165, 1.54) is 42.5 Å². The third-order valence-electron chi connectivity index (χ3n) is 6.67. The van der Waals surface area contributed by atoms with Crippen LogP contribution >= 0.6 is 0 Å². The van der Waals surface area contributed by atoms with Crippen LogP contribution in [-0.4, -0.2) is 165 Å². The molecule has 0 saturated carbocycles. The zero-order chi connectivity index (χ0) is 46.1. The van der Waals surface area contributed by atoms with Gasteiger partial charge in [0.25, 0.3) is 0 Å². The van der Waals surface area contributed by atoms with Crippen molar-refractivity contribution in [2.75, 3.05) is 49.6 Å². The zero-order valence-corrected chi connectivity index (χ0v) is 34.4. The maximum Gasteiger partial charge on any atom is 0.407 e. The predicted molar refractivity (Wildman–Crippen MR) is 202 cm³/mol. The summed E-state index contributed by atoms with van der Waals surface area (Å²) in [5.41, 5.74) is 0.496. The molecule has 0 aromatic heterocycles. The minimum Gasteiger partial charge on any atom is -0.480 e. The average molecular weight is 840 g/mol. The van der Waals surface area contributed by atoms with E-state index in [9.17, 15) is 38.4 Å². The second kappa shape index (κ2) is 34.0. The highest BCUT2D eigenvalue weighted by atomic mass is 17.2. The summed E-state index contributed by atoms with van der Waals surface area (Å²) in [5.74, 6) is -5.31. The lowest BCUT2D eigenvalue weighted by molar-refractivity contribution is -0.188. The molecule has 24 nitrogen and oxygen atoms in total. The molecular weight excluding hydrogens is 782 g/mol. The Kier molecular flexibility index (Phi) is 34.3. The molecule has 0 aliphatic carbocycles. The number of carbonyl (C=O) groups excluding carboxylic acids is 3. The Morgan fingerprint density at radius 3 is 1.41 bits per heavy atom. The van der Waals surface area contributed by atoms with Crippen molar-refractivity contribution in [1.82, 2.24) is 20.9 Å². The van der Waals surface area contributed by atoms with Crippen LogP contribution in [0.25, 0.3) is 0 Å². The number of hydrogen-bond acceptors (Lipinski definition) is 16. The van der Waals surface area contributed by atoms with E-state index in [0.29, 0.717) is 5.56 Å². The molecule has 0 heterocycles. The van der Waals surface area contributed by atoms with Crippen molar-refractivity contribution >= 4 is 54.5 Å². The molecule has 332 valence electrons. The van der Waals surface area contributed by atoms with Crippen molar-refractivity contribution in [2.24, 2.45) is 10.9 Å². The summed E-state index contributed by atoms with van der Waals surface area (Å²) in [5, 5.41) is 49.3. The number of likely N-dealkylation sites (N-methyl/N-ethyl adjacent to an activating group) is 1. The van der Waals surface area contributed by atoms with Crippen LogP contribution in [0.4, 0.5) is 14.4 Å². The van der Waals surface area contributed by atoms with Crippen molar-refractivity contribution in [2.45, 2.75) is 70.9 Å². The smallest absolute Gasteiger partial charge is 0.407 e. The summed E-state index contributed by atoms with van der Waals surface area (Å²) >= 11 is 0. The van der Waals surface area contributed by atoms with Crippen LogP contribution in [0.2, 0.25) is 0 Å². The highest BCUT2D eigenvalue weighted by Crippen LogP contribution is 2.12. The topological polar surface area (TPSA) is 345 Å². The summed E-state index contributed by atoms with van der Waals surface area (Å²) in [6.45, 7) is 7.99. The second-order valence-corrected chi connectivity index (χ2v) is 11.4.